The molecule has 0 spiro atoms. The van der Waals surface area contributed by atoms with E-state index >= 15 is 0 Å². The Kier molecular flexibility index (Phi) is 3.28. The van der Waals surface area contributed by atoms with E-state index in [0.29, 0.717) is 18.2 Å². The van der Waals surface area contributed by atoms with Gasteiger partial charge in [0.15, 0.2) is 0 Å². The average Bonchev–Trinajstić information content (AvgIpc) is 2.97. The molecule has 17 heavy (non-hydrogen) atoms. The van der Waals surface area contributed by atoms with E-state index in [4.69, 9.17) is 0 Å². The van der Waals surface area contributed by atoms with E-state index in [9.17, 15) is 0 Å². The van der Waals surface area contributed by atoms with Crippen molar-refractivity contribution in [1.82, 2.24) is 10.0 Å². The Hall–Kier alpha value is -0.860. The highest BCUT2D eigenvalue weighted by Gasteiger charge is 2.49. The van der Waals surface area contributed by atoms with Crippen LogP contribution in [0.4, 0.5) is 0 Å². The third-order valence-corrected chi connectivity index (χ3v) is 3.60. The molecular formula is C15H24N2. The van der Waals surface area contributed by atoms with Crippen LogP contribution in [0.1, 0.15) is 50.6 Å². The molecule has 1 aliphatic rings. The smallest absolute Gasteiger partial charge is 0.116 e. The van der Waals surface area contributed by atoms with E-state index in [1.165, 1.54) is 16.7 Å². The summed E-state index contributed by atoms with van der Waals surface area (Å²) in [4.78, 5) is 0. The van der Waals surface area contributed by atoms with Crippen LogP contribution in [-0.2, 0) is 0 Å². The van der Waals surface area contributed by atoms with Crippen molar-refractivity contribution >= 4 is 0 Å². The second-order valence-corrected chi connectivity index (χ2v) is 5.66. The molecule has 1 saturated heterocycles. The summed E-state index contributed by atoms with van der Waals surface area (Å²) in [5.74, 6) is 0. The molecule has 0 aromatic heterocycles. The van der Waals surface area contributed by atoms with Crippen molar-refractivity contribution in [2.45, 2.75) is 59.8 Å². The standard InChI is InChI=1S/C15H24N2/c1-10(2)16-15(17(16)11(3)4)14-8-7-12(5)13(6)9-14/h7-11,15H,1-6H3. The van der Waals surface area contributed by atoms with Crippen LogP contribution in [0.2, 0.25) is 0 Å². The lowest BCUT2D eigenvalue weighted by Crippen LogP contribution is -2.20. The molecule has 2 unspecified atom stereocenters. The first-order chi connectivity index (χ1) is 7.93. The van der Waals surface area contributed by atoms with E-state index in [2.05, 4.69) is 69.8 Å². The van der Waals surface area contributed by atoms with E-state index in [0.717, 1.165) is 0 Å². The zero-order chi connectivity index (χ0) is 12.7. The maximum Gasteiger partial charge on any atom is 0.116 e. The fourth-order valence-corrected chi connectivity index (χ4v) is 2.53. The molecule has 2 heteroatoms. The predicted octanol–water partition coefficient (Wildman–Crippen LogP) is 3.65. The average molecular weight is 232 g/mol. The second kappa shape index (κ2) is 4.43. The van der Waals surface area contributed by atoms with Crippen LogP contribution in [-0.4, -0.2) is 22.1 Å². The minimum atomic E-state index is 0.481. The number of nitrogens with zero attached hydrogens (tertiary/aromatic N) is 2. The lowest BCUT2D eigenvalue weighted by molar-refractivity contribution is 0.226. The summed E-state index contributed by atoms with van der Waals surface area (Å²) in [6.07, 6.45) is 0.481. The van der Waals surface area contributed by atoms with E-state index in [1.54, 1.807) is 0 Å². The summed E-state index contributed by atoms with van der Waals surface area (Å²) in [6.45, 7) is 13.4. The van der Waals surface area contributed by atoms with Crippen LogP contribution in [0.25, 0.3) is 0 Å². The molecular weight excluding hydrogens is 208 g/mol. The molecule has 1 fully saturated rings. The van der Waals surface area contributed by atoms with Crippen LogP contribution in [0, 0.1) is 13.8 Å². The fraction of sp³-hybridized carbons (Fsp3) is 0.600. The maximum atomic E-state index is 2.47. The maximum absolute atomic E-state index is 2.47. The van der Waals surface area contributed by atoms with Crippen molar-refractivity contribution in [3.8, 4) is 0 Å². The molecule has 1 heterocycles. The van der Waals surface area contributed by atoms with Crippen LogP contribution < -0.4 is 0 Å². The number of benzene rings is 1. The third-order valence-electron chi connectivity index (χ3n) is 3.60. The van der Waals surface area contributed by atoms with Crippen LogP contribution >= 0.6 is 0 Å². The van der Waals surface area contributed by atoms with Gasteiger partial charge in [-0.3, -0.25) is 0 Å². The first-order valence-corrected chi connectivity index (χ1v) is 6.57. The number of rotatable bonds is 3. The minimum absolute atomic E-state index is 0.481. The number of hydrazine groups is 1. The van der Waals surface area contributed by atoms with Gasteiger partial charge in [-0.25, -0.2) is 10.0 Å². The van der Waals surface area contributed by atoms with Crippen LogP contribution in [0.15, 0.2) is 18.2 Å². The van der Waals surface area contributed by atoms with Gasteiger partial charge >= 0.3 is 0 Å². The van der Waals surface area contributed by atoms with Crippen LogP contribution in [0.5, 0.6) is 0 Å². The van der Waals surface area contributed by atoms with Crippen molar-refractivity contribution in [1.29, 1.82) is 0 Å². The molecule has 0 amide bonds. The molecule has 2 rings (SSSR count). The molecule has 0 N–H and O–H groups in total. The monoisotopic (exact) mass is 232 g/mol. The predicted molar refractivity (Wildman–Crippen MR) is 72.6 cm³/mol. The molecule has 2 nitrogen and oxygen atoms in total. The fourth-order valence-electron chi connectivity index (χ4n) is 2.53. The lowest BCUT2D eigenvalue weighted by Gasteiger charge is -2.09. The Bertz CT molecular complexity index is 395. The van der Waals surface area contributed by atoms with Gasteiger partial charge in [0.1, 0.15) is 6.17 Å². The van der Waals surface area contributed by atoms with Gasteiger partial charge in [-0.05, 0) is 58.2 Å². The highest BCUT2D eigenvalue weighted by atomic mass is 15.9. The largest absolute Gasteiger partial charge is 0.214 e. The van der Waals surface area contributed by atoms with Gasteiger partial charge in [-0.1, -0.05) is 18.2 Å². The van der Waals surface area contributed by atoms with E-state index in [-0.39, 0.29) is 0 Å². The Labute approximate surface area is 105 Å². The summed E-state index contributed by atoms with van der Waals surface area (Å²) < 4.78 is 0. The van der Waals surface area contributed by atoms with Gasteiger partial charge in [0.2, 0.25) is 0 Å². The highest BCUT2D eigenvalue weighted by molar-refractivity contribution is 5.33. The molecule has 0 bridgehead atoms. The zero-order valence-electron chi connectivity index (χ0n) is 11.9. The Balaban J connectivity index is 2.25. The van der Waals surface area contributed by atoms with Crippen molar-refractivity contribution in [2.75, 3.05) is 0 Å². The topological polar surface area (TPSA) is 6.02 Å². The van der Waals surface area contributed by atoms with E-state index < -0.39 is 0 Å². The summed E-state index contributed by atoms with van der Waals surface area (Å²) in [5, 5.41) is 4.93. The molecule has 1 aliphatic heterocycles. The summed E-state index contributed by atoms with van der Waals surface area (Å²) in [7, 11) is 0. The van der Waals surface area contributed by atoms with Crippen molar-refractivity contribution < 1.29 is 0 Å². The Morgan fingerprint density at radius 2 is 1.41 bits per heavy atom. The number of hydrogen-bond acceptors (Lipinski definition) is 2. The third kappa shape index (κ3) is 2.24. The van der Waals surface area contributed by atoms with Gasteiger partial charge in [-0.15, -0.1) is 0 Å². The summed E-state index contributed by atoms with van der Waals surface area (Å²) in [6, 6.07) is 7.98. The van der Waals surface area contributed by atoms with Crippen molar-refractivity contribution in [3.63, 3.8) is 0 Å². The number of aryl methyl sites for hydroxylation is 2. The molecule has 2 atom stereocenters. The molecule has 0 radical (unpaired) electrons. The van der Waals surface area contributed by atoms with Gasteiger partial charge in [-0.2, -0.15) is 0 Å². The zero-order valence-corrected chi connectivity index (χ0v) is 11.9. The molecule has 1 aromatic rings. The Morgan fingerprint density at radius 3 is 1.82 bits per heavy atom. The second-order valence-electron chi connectivity index (χ2n) is 5.66. The van der Waals surface area contributed by atoms with Crippen molar-refractivity contribution in [2.24, 2.45) is 0 Å². The molecule has 0 saturated carbocycles. The van der Waals surface area contributed by atoms with Gasteiger partial charge in [0.25, 0.3) is 0 Å². The first kappa shape index (κ1) is 12.6. The SMILES string of the molecule is Cc1ccc(C2N(C(C)C)N2C(C)C)cc1C. The van der Waals surface area contributed by atoms with Gasteiger partial charge in [0, 0.05) is 12.1 Å². The van der Waals surface area contributed by atoms with Crippen LogP contribution in [0.3, 0.4) is 0 Å². The minimum Gasteiger partial charge on any atom is -0.214 e. The summed E-state index contributed by atoms with van der Waals surface area (Å²) >= 11 is 0. The molecule has 94 valence electrons. The first-order valence-electron chi connectivity index (χ1n) is 6.57. The Morgan fingerprint density at radius 1 is 0.882 bits per heavy atom. The van der Waals surface area contributed by atoms with Crippen molar-refractivity contribution in [3.05, 3.63) is 34.9 Å². The normalized spacial score (nSPS) is 27.9. The quantitative estimate of drug-likeness (QED) is 0.734. The highest BCUT2D eigenvalue weighted by Crippen LogP contribution is 2.45. The van der Waals surface area contributed by atoms with Gasteiger partial charge < -0.3 is 0 Å². The summed E-state index contributed by atoms with van der Waals surface area (Å²) in [5.41, 5.74) is 4.19. The van der Waals surface area contributed by atoms with E-state index in [1.807, 2.05) is 0 Å². The molecule has 1 aromatic carbocycles. The molecule has 0 aliphatic carbocycles. The van der Waals surface area contributed by atoms with Gasteiger partial charge in [0.05, 0.1) is 0 Å². The number of hydrogen-bond donors (Lipinski definition) is 0. The lowest BCUT2D eigenvalue weighted by atomic mass is 10.1.